The van der Waals surface area contributed by atoms with Gasteiger partial charge in [0.15, 0.2) is 0 Å². The number of piperidine rings is 1. The second-order valence-electron chi connectivity index (χ2n) is 8.52. The summed E-state index contributed by atoms with van der Waals surface area (Å²) >= 11 is 0. The maximum absolute atomic E-state index is 8.07. The average molecular weight is 448 g/mol. The summed E-state index contributed by atoms with van der Waals surface area (Å²) in [5, 5.41) is 8.07. The molecule has 1 rings (SSSR count). The molecule has 31 heavy (non-hydrogen) atoms. The van der Waals surface area contributed by atoms with Crippen LogP contribution in [0.1, 0.15) is 121 Å². The van der Waals surface area contributed by atoms with Gasteiger partial charge in [0.1, 0.15) is 0 Å². The van der Waals surface area contributed by atoms with Crippen molar-refractivity contribution in [1.29, 1.82) is 0 Å². The molecular formula is C28H65NO2. The minimum atomic E-state index is 0.344. The number of ether oxygens (including phenoxy) is 1. The Morgan fingerprint density at radius 3 is 1.42 bits per heavy atom. The lowest BCUT2D eigenvalue weighted by Crippen LogP contribution is -2.28. The van der Waals surface area contributed by atoms with Crippen molar-refractivity contribution in [2.24, 2.45) is 11.8 Å². The van der Waals surface area contributed by atoms with E-state index in [4.69, 9.17) is 9.84 Å². The van der Waals surface area contributed by atoms with Crippen molar-refractivity contribution in [3.8, 4) is 0 Å². The highest BCUT2D eigenvalue weighted by Gasteiger charge is 2.10. The van der Waals surface area contributed by atoms with E-state index in [9.17, 15) is 0 Å². The van der Waals surface area contributed by atoms with Gasteiger partial charge in [-0.2, -0.15) is 0 Å². The van der Waals surface area contributed by atoms with Crippen LogP contribution in [-0.4, -0.2) is 50.5 Å². The smallest absolute Gasteiger partial charge is 0.0459 e. The van der Waals surface area contributed by atoms with Crippen molar-refractivity contribution in [2.75, 3.05) is 40.5 Å². The predicted molar refractivity (Wildman–Crippen MR) is 146 cm³/mol. The van der Waals surface area contributed by atoms with Crippen molar-refractivity contribution in [2.45, 2.75) is 121 Å². The summed E-state index contributed by atoms with van der Waals surface area (Å²) < 4.78 is 4.69. The first-order valence-corrected chi connectivity index (χ1v) is 13.1. The highest BCUT2D eigenvalue weighted by atomic mass is 16.5. The third-order valence-corrected chi connectivity index (χ3v) is 4.58. The average Bonchev–Trinajstić information content (AvgIpc) is 2.78. The van der Waals surface area contributed by atoms with E-state index in [1.807, 2.05) is 26.0 Å². The highest BCUT2D eigenvalue weighted by Crippen LogP contribution is 2.13. The van der Waals surface area contributed by atoms with E-state index in [-0.39, 0.29) is 0 Å². The molecule has 0 amide bonds. The van der Waals surface area contributed by atoms with E-state index in [2.05, 4.69) is 67.3 Å². The van der Waals surface area contributed by atoms with Crippen molar-refractivity contribution in [3.63, 3.8) is 0 Å². The zero-order chi connectivity index (χ0) is 25.3. The van der Waals surface area contributed by atoms with Gasteiger partial charge in [-0.3, -0.25) is 0 Å². The zero-order valence-corrected chi connectivity index (χ0v) is 24.1. The number of methoxy groups -OCH3 is 1. The molecule has 3 heteroatoms. The Morgan fingerprint density at radius 2 is 1.32 bits per heavy atom. The first-order chi connectivity index (χ1) is 14.7. The minimum absolute atomic E-state index is 0.344. The Hall–Kier alpha value is -0.380. The predicted octanol–water partition coefficient (Wildman–Crippen LogP) is 8.61. The quantitative estimate of drug-likeness (QED) is 0.414. The Bertz CT molecular complexity index is 234. The van der Waals surface area contributed by atoms with Crippen LogP contribution < -0.4 is 0 Å². The third kappa shape index (κ3) is 72.8. The molecule has 1 fully saturated rings. The summed E-state index contributed by atoms with van der Waals surface area (Å²) in [7, 11) is 3.91. The van der Waals surface area contributed by atoms with Crippen LogP contribution in [-0.2, 0) is 4.74 Å². The fourth-order valence-corrected chi connectivity index (χ4v) is 1.50. The lowest BCUT2D eigenvalue weighted by molar-refractivity contribution is 0.199. The summed E-state index contributed by atoms with van der Waals surface area (Å²) in [6.45, 7) is 25.3. The van der Waals surface area contributed by atoms with Crippen LogP contribution in [0.15, 0.2) is 12.2 Å². The second kappa shape index (κ2) is 43.5. The molecule has 0 aromatic rings. The molecule has 194 valence electrons. The molecule has 0 aromatic heterocycles. The fourth-order valence-electron chi connectivity index (χ4n) is 1.50. The molecule has 1 aliphatic rings. The van der Waals surface area contributed by atoms with Gasteiger partial charge < -0.3 is 14.7 Å². The van der Waals surface area contributed by atoms with Crippen molar-refractivity contribution in [3.05, 3.63) is 12.2 Å². The molecule has 0 atom stereocenters. The third-order valence-electron chi connectivity index (χ3n) is 4.58. The molecule has 1 N–H and O–H groups in total. The van der Waals surface area contributed by atoms with Crippen LogP contribution in [0.3, 0.4) is 0 Å². The SMILES string of the molecule is C/C=C/C.CC1CCN(C)CC1.CCC(C)C.CCCC.CCCCO.CCCOC. The number of unbranched alkanes of at least 4 members (excludes halogenated alkanes) is 2. The number of hydrogen-bond acceptors (Lipinski definition) is 3. The molecule has 0 saturated carbocycles. The van der Waals surface area contributed by atoms with Gasteiger partial charge in [-0.1, -0.05) is 93.2 Å². The van der Waals surface area contributed by atoms with E-state index in [0.29, 0.717) is 6.61 Å². The molecule has 1 aliphatic heterocycles. The molecule has 3 nitrogen and oxygen atoms in total. The fraction of sp³-hybridized carbons (Fsp3) is 0.929. The van der Waals surface area contributed by atoms with E-state index in [1.54, 1.807) is 7.11 Å². The summed E-state index contributed by atoms with van der Waals surface area (Å²) in [4.78, 5) is 2.40. The monoisotopic (exact) mass is 448 g/mol. The van der Waals surface area contributed by atoms with E-state index >= 15 is 0 Å². The maximum Gasteiger partial charge on any atom is 0.0459 e. The number of likely N-dealkylation sites (tertiary alicyclic amines) is 1. The number of allylic oxidation sites excluding steroid dienone is 2. The largest absolute Gasteiger partial charge is 0.396 e. The van der Waals surface area contributed by atoms with Gasteiger partial charge in [0.05, 0.1) is 0 Å². The van der Waals surface area contributed by atoms with Gasteiger partial charge in [0, 0.05) is 20.3 Å². The molecule has 0 radical (unpaired) electrons. The van der Waals surface area contributed by atoms with E-state index in [0.717, 1.165) is 37.7 Å². The van der Waals surface area contributed by atoms with Gasteiger partial charge in [-0.05, 0) is 71.5 Å². The molecule has 0 spiro atoms. The van der Waals surface area contributed by atoms with E-state index in [1.165, 1.54) is 45.2 Å². The molecule has 0 aliphatic carbocycles. The molecule has 1 heterocycles. The van der Waals surface area contributed by atoms with Crippen molar-refractivity contribution >= 4 is 0 Å². The number of aliphatic hydroxyl groups is 1. The Labute approximate surface area is 200 Å². The molecule has 0 aromatic carbocycles. The first-order valence-electron chi connectivity index (χ1n) is 13.1. The van der Waals surface area contributed by atoms with Crippen molar-refractivity contribution < 1.29 is 9.84 Å². The number of rotatable bonds is 6. The van der Waals surface area contributed by atoms with Crippen LogP contribution >= 0.6 is 0 Å². The molecule has 0 unspecified atom stereocenters. The van der Waals surface area contributed by atoms with Gasteiger partial charge in [0.25, 0.3) is 0 Å². The van der Waals surface area contributed by atoms with Gasteiger partial charge in [0.2, 0.25) is 0 Å². The van der Waals surface area contributed by atoms with Crippen LogP contribution in [0, 0.1) is 11.8 Å². The van der Waals surface area contributed by atoms with Gasteiger partial charge >= 0.3 is 0 Å². The summed E-state index contributed by atoms with van der Waals surface area (Å²) in [5.41, 5.74) is 0. The second-order valence-corrected chi connectivity index (χ2v) is 8.52. The standard InChI is InChI=1S/C7H15N.C5H12.2C4H10O.C4H10.C4H8/c1-7-3-5-8(2)6-4-7;1-4-5(2)3;1-3-4-5-2;1-2-3-4-5;2*1-3-4-2/h7H,3-6H2,1-2H3;5H,4H2,1-3H3;3-4H2,1-2H3;5H,2-4H2,1H3;3-4H2,1-2H3;3-4H,1-2H3/b;;;;;4-3+. The Morgan fingerprint density at radius 1 is 0.903 bits per heavy atom. The molecular weight excluding hydrogens is 382 g/mol. The summed E-state index contributed by atoms with van der Waals surface area (Å²) in [6.07, 6.45) is 13.9. The van der Waals surface area contributed by atoms with Crippen LogP contribution in [0.5, 0.6) is 0 Å². The Balaban J connectivity index is -0.0000000894. The lowest BCUT2D eigenvalue weighted by atomic mass is 10.00. The maximum atomic E-state index is 8.07. The minimum Gasteiger partial charge on any atom is -0.396 e. The first kappa shape index (κ1) is 40.9. The van der Waals surface area contributed by atoms with Crippen LogP contribution in [0.4, 0.5) is 0 Å². The van der Waals surface area contributed by atoms with Crippen molar-refractivity contribution in [1.82, 2.24) is 4.90 Å². The number of hydrogen-bond donors (Lipinski definition) is 1. The normalized spacial score (nSPS) is 13.2. The van der Waals surface area contributed by atoms with Gasteiger partial charge in [-0.25, -0.2) is 0 Å². The van der Waals surface area contributed by atoms with Crippen LogP contribution in [0.25, 0.3) is 0 Å². The summed E-state index contributed by atoms with van der Waals surface area (Å²) in [5.74, 6) is 1.86. The number of aliphatic hydroxyl groups excluding tert-OH is 1. The van der Waals surface area contributed by atoms with Crippen LogP contribution in [0.2, 0.25) is 0 Å². The molecule has 1 saturated heterocycles. The van der Waals surface area contributed by atoms with Gasteiger partial charge in [-0.15, -0.1) is 0 Å². The Kier molecular flexibility index (Phi) is 57.4. The zero-order valence-electron chi connectivity index (χ0n) is 24.1. The lowest BCUT2D eigenvalue weighted by Gasteiger charge is -2.26. The topological polar surface area (TPSA) is 32.7 Å². The summed E-state index contributed by atoms with van der Waals surface area (Å²) in [6, 6.07) is 0. The molecule has 0 bridgehead atoms. The van der Waals surface area contributed by atoms with E-state index < -0.39 is 0 Å². The number of nitrogens with zero attached hydrogens (tertiary/aromatic N) is 1. The highest BCUT2D eigenvalue weighted by molar-refractivity contribution is 4.68.